The molecule has 1 aliphatic carbocycles. The van der Waals surface area contributed by atoms with Crippen molar-refractivity contribution in [2.45, 2.75) is 45.2 Å². The zero-order valence-corrected chi connectivity index (χ0v) is 19.7. The third-order valence-corrected chi connectivity index (χ3v) is 6.72. The Morgan fingerprint density at radius 2 is 1.78 bits per heavy atom. The van der Waals surface area contributed by atoms with Gasteiger partial charge in [0, 0.05) is 36.6 Å². The van der Waals surface area contributed by atoms with Gasteiger partial charge in [-0.15, -0.1) is 0 Å². The second-order valence-corrected chi connectivity index (χ2v) is 8.87. The smallest absolute Gasteiger partial charge is 0.242 e. The molecule has 172 valence electrons. The number of likely N-dealkylation sites (tertiary alicyclic amines) is 1. The minimum Gasteiger partial charge on any atom is -0.357 e. The Kier molecular flexibility index (Phi) is 7.96. The molecular weight excluding hydrogens is 453 g/mol. The Morgan fingerprint density at radius 3 is 2.31 bits per heavy atom. The van der Waals surface area contributed by atoms with Gasteiger partial charge in [0.25, 0.3) is 0 Å². The third-order valence-electron chi connectivity index (χ3n) is 6.14. The van der Waals surface area contributed by atoms with E-state index in [0.717, 1.165) is 0 Å². The zero-order valence-electron chi connectivity index (χ0n) is 18.1. The third kappa shape index (κ3) is 4.99. The monoisotopic (exact) mass is 479 g/mol. The number of hydrogen-bond donors (Lipinski definition) is 1. The first kappa shape index (κ1) is 24.3. The molecule has 7 nitrogen and oxygen atoms in total. The normalized spacial score (nSPS) is 20.8. The molecule has 3 rings (SSSR count). The fourth-order valence-corrected chi connectivity index (χ4v) is 4.83. The first-order valence-electron chi connectivity index (χ1n) is 10.7. The lowest BCUT2D eigenvalue weighted by Gasteiger charge is -2.31. The van der Waals surface area contributed by atoms with Gasteiger partial charge >= 0.3 is 0 Å². The van der Waals surface area contributed by atoms with Crippen LogP contribution in [0.4, 0.5) is 0 Å². The van der Waals surface area contributed by atoms with Gasteiger partial charge in [0.15, 0.2) is 0 Å². The number of amides is 4. The minimum absolute atomic E-state index is 0.00146. The number of carbonyl (C=O) groups excluding carboxylic acids is 4. The number of imide groups is 1. The molecule has 1 aliphatic heterocycles. The molecule has 1 fully saturated rings. The summed E-state index contributed by atoms with van der Waals surface area (Å²) in [5, 5.41) is 3.46. The van der Waals surface area contributed by atoms with E-state index in [1.165, 1.54) is 16.8 Å². The first-order chi connectivity index (χ1) is 15.3. The fourth-order valence-electron chi connectivity index (χ4n) is 4.36. The number of carbonyl (C=O) groups is 4. The summed E-state index contributed by atoms with van der Waals surface area (Å²) < 4.78 is 0. The van der Waals surface area contributed by atoms with Crippen molar-refractivity contribution in [2.24, 2.45) is 11.8 Å². The van der Waals surface area contributed by atoms with Gasteiger partial charge in [0.1, 0.15) is 6.04 Å². The van der Waals surface area contributed by atoms with E-state index in [9.17, 15) is 19.2 Å². The maximum Gasteiger partial charge on any atom is 0.242 e. The van der Waals surface area contributed by atoms with Crippen molar-refractivity contribution in [1.82, 2.24) is 15.1 Å². The van der Waals surface area contributed by atoms with Gasteiger partial charge in [-0.1, -0.05) is 48.3 Å². The molecule has 0 radical (unpaired) electrons. The highest BCUT2D eigenvalue weighted by Crippen LogP contribution is 2.35. The molecule has 0 bridgehead atoms. The molecule has 1 heterocycles. The summed E-state index contributed by atoms with van der Waals surface area (Å²) in [4.78, 5) is 53.8. The highest BCUT2D eigenvalue weighted by Gasteiger charge is 2.47. The highest BCUT2D eigenvalue weighted by atomic mass is 35.5. The molecule has 9 heteroatoms. The van der Waals surface area contributed by atoms with Crippen LogP contribution >= 0.6 is 23.2 Å². The van der Waals surface area contributed by atoms with Crippen molar-refractivity contribution in [1.29, 1.82) is 0 Å². The number of fused-ring (bicyclic) bond motifs is 1. The Morgan fingerprint density at radius 1 is 1.16 bits per heavy atom. The van der Waals surface area contributed by atoms with Crippen LogP contribution in [0.15, 0.2) is 30.4 Å². The lowest BCUT2D eigenvalue weighted by atomic mass is 9.85. The zero-order chi connectivity index (χ0) is 23.4. The lowest BCUT2D eigenvalue weighted by Crippen LogP contribution is -2.49. The molecule has 2 aliphatic rings. The van der Waals surface area contributed by atoms with E-state index in [0.29, 0.717) is 34.9 Å². The van der Waals surface area contributed by atoms with Crippen molar-refractivity contribution < 1.29 is 19.2 Å². The summed E-state index contributed by atoms with van der Waals surface area (Å²) in [6.07, 6.45) is 5.28. The van der Waals surface area contributed by atoms with E-state index >= 15 is 0 Å². The van der Waals surface area contributed by atoms with Gasteiger partial charge in [-0.25, -0.2) is 0 Å². The van der Waals surface area contributed by atoms with Crippen LogP contribution in [0.1, 0.15) is 38.2 Å². The molecule has 32 heavy (non-hydrogen) atoms. The summed E-state index contributed by atoms with van der Waals surface area (Å²) in [5.74, 6) is -1.73. The summed E-state index contributed by atoms with van der Waals surface area (Å²) >= 11 is 12.3. The Balaban J connectivity index is 1.76. The van der Waals surface area contributed by atoms with Crippen LogP contribution in [-0.2, 0) is 25.7 Å². The standard InChI is InChI=1S/C23H27Cl2N3O4/c1-3-19(21(30)26-2)28(13-14-8-9-15(24)12-18(14)25)20(29)10-11-27-22(31)16-6-4-5-7-17(16)23(27)32/h4-5,8-9,12,16-17,19H,3,6-7,10-11,13H2,1-2H3,(H,26,30)/t16-,17+,19?. The SMILES string of the molecule is CCC(C(=O)NC)N(Cc1ccc(Cl)cc1Cl)C(=O)CCN1C(=O)[C@H]2CC=CC[C@H]2C1=O. The number of nitrogens with one attached hydrogen (secondary N) is 1. The van der Waals surface area contributed by atoms with Crippen molar-refractivity contribution in [3.63, 3.8) is 0 Å². The highest BCUT2D eigenvalue weighted by molar-refractivity contribution is 6.35. The Hall–Kier alpha value is -2.38. The van der Waals surface area contributed by atoms with Crippen LogP contribution in [0.25, 0.3) is 0 Å². The van der Waals surface area contributed by atoms with Gasteiger partial charge in [-0.3, -0.25) is 24.1 Å². The summed E-state index contributed by atoms with van der Waals surface area (Å²) in [6.45, 7) is 1.92. The summed E-state index contributed by atoms with van der Waals surface area (Å²) in [6, 6.07) is 4.26. The summed E-state index contributed by atoms with van der Waals surface area (Å²) in [5.41, 5.74) is 0.650. The molecule has 1 N–H and O–H groups in total. The number of rotatable bonds is 8. The first-order valence-corrected chi connectivity index (χ1v) is 11.5. The van der Waals surface area contributed by atoms with Crippen LogP contribution in [0.5, 0.6) is 0 Å². The van der Waals surface area contributed by atoms with E-state index in [-0.39, 0.29) is 55.0 Å². The van der Waals surface area contributed by atoms with Crippen LogP contribution in [0.3, 0.4) is 0 Å². The number of likely N-dealkylation sites (N-methyl/N-ethyl adjacent to an activating group) is 1. The van der Waals surface area contributed by atoms with Gasteiger partial charge in [-0.05, 0) is 37.0 Å². The van der Waals surface area contributed by atoms with Crippen molar-refractivity contribution in [3.05, 3.63) is 46.0 Å². The van der Waals surface area contributed by atoms with Gasteiger partial charge < -0.3 is 10.2 Å². The number of hydrogen-bond acceptors (Lipinski definition) is 4. The molecular formula is C23H27Cl2N3O4. The molecule has 4 amide bonds. The number of benzene rings is 1. The van der Waals surface area contributed by atoms with E-state index in [1.54, 1.807) is 18.2 Å². The molecule has 0 spiro atoms. The Labute approximate surface area is 197 Å². The predicted molar refractivity (Wildman–Crippen MR) is 122 cm³/mol. The van der Waals surface area contributed by atoms with Gasteiger partial charge in [0.2, 0.25) is 23.6 Å². The predicted octanol–water partition coefficient (Wildman–Crippen LogP) is 3.19. The second-order valence-electron chi connectivity index (χ2n) is 8.03. The maximum atomic E-state index is 13.2. The average Bonchev–Trinajstić information content (AvgIpc) is 3.03. The van der Waals surface area contributed by atoms with Gasteiger partial charge in [0.05, 0.1) is 11.8 Å². The van der Waals surface area contributed by atoms with Gasteiger partial charge in [-0.2, -0.15) is 0 Å². The second kappa shape index (κ2) is 10.5. The van der Waals surface area contributed by atoms with E-state index < -0.39 is 6.04 Å². The largest absolute Gasteiger partial charge is 0.357 e. The molecule has 0 saturated carbocycles. The van der Waals surface area contributed by atoms with Crippen molar-refractivity contribution in [3.8, 4) is 0 Å². The summed E-state index contributed by atoms with van der Waals surface area (Å²) in [7, 11) is 1.51. The van der Waals surface area contributed by atoms with Crippen LogP contribution in [-0.4, -0.2) is 53.1 Å². The lowest BCUT2D eigenvalue weighted by molar-refractivity contribution is -0.144. The van der Waals surface area contributed by atoms with Crippen molar-refractivity contribution in [2.75, 3.05) is 13.6 Å². The molecule has 1 saturated heterocycles. The van der Waals surface area contributed by atoms with Crippen LogP contribution < -0.4 is 5.32 Å². The van der Waals surface area contributed by atoms with E-state index in [1.807, 2.05) is 19.1 Å². The molecule has 3 atom stereocenters. The van der Waals surface area contributed by atoms with Crippen LogP contribution in [0.2, 0.25) is 10.0 Å². The molecule has 1 aromatic carbocycles. The number of nitrogens with zero attached hydrogens (tertiary/aromatic N) is 2. The number of halogens is 2. The Bertz CT molecular complexity index is 923. The topological polar surface area (TPSA) is 86.8 Å². The van der Waals surface area contributed by atoms with Crippen LogP contribution in [0, 0.1) is 11.8 Å². The van der Waals surface area contributed by atoms with Crippen molar-refractivity contribution >= 4 is 46.8 Å². The maximum absolute atomic E-state index is 13.2. The average molecular weight is 480 g/mol. The minimum atomic E-state index is -0.712. The quantitative estimate of drug-likeness (QED) is 0.458. The molecule has 1 aromatic rings. The molecule has 1 unspecified atom stereocenters. The number of allylic oxidation sites excluding steroid dienone is 2. The van der Waals surface area contributed by atoms with E-state index in [2.05, 4.69) is 5.32 Å². The molecule has 0 aromatic heterocycles. The fraction of sp³-hybridized carbons (Fsp3) is 0.478. The van der Waals surface area contributed by atoms with E-state index in [4.69, 9.17) is 23.2 Å².